The molecular formula is C13H16F2N2O2. The van der Waals surface area contributed by atoms with Crippen molar-refractivity contribution in [2.75, 3.05) is 6.54 Å². The SMILES string of the molecule is NCC1(c2ccc([N+](=O)[O-])cc2)CCC(F)(F)CC1. The van der Waals surface area contributed by atoms with E-state index in [4.69, 9.17) is 5.73 Å². The Bertz CT molecular complexity index is 464. The summed E-state index contributed by atoms with van der Waals surface area (Å²) in [6.45, 7) is 0.279. The van der Waals surface area contributed by atoms with Crippen molar-refractivity contribution in [3.05, 3.63) is 39.9 Å². The minimum Gasteiger partial charge on any atom is -0.330 e. The number of alkyl halides is 2. The van der Waals surface area contributed by atoms with Crippen molar-refractivity contribution in [3.8, 4) is 0 Å². The molecule has 2 N–H and O–H groups in total. The second-order valence-corrected chi connectivity index (χ2v) is 5.14. The van der Waals surface area contributed by atoms with Crippen LogP contribution in [0, 0.1) is 10.1 Å². The summed E-state index contributed by atoms with van der Waals surface area (Å²) in [6, 6.07) is 6.07. The molecule has 0 aromatic heterocycles. The molecule has 0 spiro atoms. The normalized spacial score (nSPS) is 21.0. The Hall–Kier alpha value is -1.56. The smallest absolute Gasteiger partial charge is 0.269 e. The number of nitro groups is 1. The van der Waals surface area contributed by atoms with Crippen LogP contribution < -0.4 is 5.73 Å². The van der Waals surface area contributed by atoms with Crippen molar-refractivity contribution >= 4 is 5.69 Å². The maximum Gasteiger partial charge on any atom is 0.269 e. The first-order valence-electron chi connectivity index (χ1n) is 6.21. The van der Waals surface area contributed by atoms with Gasteiger partial charge in [0.05, 0.1) is 4.92 Å². The van der Waals surface area contributed by atoms with Gasteiger partial charge in [-0.1, -0.05) is 12.1 Å². The number of halogens is 2. The molecule has 4 nitrogen and oxygen atoms in total. The zero-order chi connectivity index (χ0) is 14.1. The van der Waals surface area contributed by atoms with Gasteiger partial charge >= 0.3 is 0 Å². The molecule has 2 rings (SSSR count). The van der Waals surface area contributed by atoms with Crippen molar-refractivity contribution in [3.63, 3.8) is 0 Å². The number of non-ortho nitro benzene ring substituents is 1. The minimum absolute atomic E-state index is 0.00272. The lowest BCUT2D eigenvalue weighted by Gasteiger charge is -2.39. The Kier molecular flexibility index (Phi) is 3.54. The van der Waals surface area contributed by atoms with E-state index in [1.165, 1.54) is 12.1 Å². The molecule has 0 atom stereocenters. The first-order valence-corrected chi connectivity index (χ1v) is 6.21. The van der Waals surface area contributed by atoms with Crippen LogP contribution in [0.25, 0.3) is 0 Å². The van der Waals surface area contributed by atoms with E-state index in [1.807, 2.05) is 0 Å². The van der Waals surface area contributed by atoms with E-state index in [0.29, 0.717) is 12.8 Å². The van der Waals surface area contributed by atoms with E-state index in [9.17, 15) is 18.9 Å². The Morgan fingerprint density at radius 3 is 2.11 bits per heavy atom. The highest BCUT2D eigenvalue weighted by atomic mass is 19.3. The highest BCUT2D eigenvalue weighted by Gasteiger charge is 2.43. The second-order valence-electron chi connectivity index (χ2n) is 5.14. The van der Waals surface area contributed by atoms with Crippen molar-refractivity contribution in [2.24, 2.45) is 5.73 Å². The van der Waals surface area contributed by atoms with E-state index in [0.717, 1.165) is 5.56 Å². The summed E-state index contributed by atoms with van der Waals surface area (Å²) >= 11 is 0. The predicted molar refractivity (Wildman–Crippen MR) is 67.2 cm³/mol. The summed E-state index contributed by atoms with van der Waals surface area (Å²) in [5.41, 5.74) is 6.12. The van der Waals surface area contributed by atoms with Gasteiger partial charge in [-0.25, -0.2) is 8.78 Å². The summed E-state index contributed by atoms with van der Waals surface area (Å²) in [6.07, 6.45) is 0.269. The van der Waals surface area contributed by atoms with Gasteiger partial charge in [0.25, 0.3) is 5.69 Å². The van der Waals surface area contributed by atoms with Crippen molar-refractivity contribution in [2.45, 2.75) is 37.0 Å². The third kappa shape index (κ3) is 2.73. The van der Waals surface area contributed by atoms with Gasteiger partial charge < -0.3 is 5.73 Å². The average molecular weight is 270 g/mol. The van der Waals surface area contributed by atoms with Gasteiger partial charge in [0.1, 0.15) is 0 Å². The quantitative estimate of drug-likeness (QED) is 0.678. The molecule has 6 heteroatoms. The number of hydrogen-bond acceptors (Lipinski definition) is 3. The molecule has 0 bridgehead atoms. The highest BCUT2D eigenvalue weighted by molar-refractivity contribution is 5.37. The molecule has 1 aliphatic rings. The number of nitro benzene ring substituents is 1. The number of nitrogens with zero attached hydrogens (tertiary/aromatic N) is 1. The fourth-order valence-electron chi connectivity index (χ4n) is 2.64. The molecule has 0 unspecified atom stereocenters. The Morgan fingerprint density at radius 1 is 1.16 bits per heavy atom. The molecule has 0 amide bonds. The van der Waals surface area contributed by atoms with Gasteiger partial charge in [-0.3, -0.25) is 10.1 Å². The third-order valence-corrected chi connectivity index (χ3v) is 4.02. The number of rotatable bonds is 3. The van der Waals surface area contributed by atoms with Gasteiger partial charge in [-0.05, 0) is 18.4 Å². The van der Waals surface area contributed by atoms with E-state index >= 15 is 0 Å². The van der Waals surface area contributed by atoms with Crippen LogP contribution in [-0.2, 0) is 5.41 Å². The number of nitrogens with two attached hydrogens (primary N) is 1. The fourth-order valence-corrected chi connectivity index (χ4v) is 2.64. The lowest BCUT2D eigenvalue weighted by atomic mass is 9.68. The summed E-state index contributed by atoms with van der Waals surface area (Å²) in [7, 11) is 0. The maximum atomic E-state index is 13.2. The lowest BCUT2D eigenvalue weighted by molar-refractivity contribution is -0.384. The van der Waals surface area contributed by atoms with Gasteiger partial charge in [0.2, 0.25) is 5.92 Å². The molecule has 1 saturated carbocycles. The minimum atomic E-state index is -2.61. The molecule has 0 heterocycles. The fraction of sp³-hybridized carbons (Fsp3) is 0.538. The monoisotopic (exact) mass is 270 g/mol. The standard InChI is InChI=1S/C13H16F2N2O2/c14-13(15)7-5-12(9-16,6-8-13)10-1-3-11(4-2-10)17(18)19/h1-4H,5-9,16H2. The van der Waals surface area contributed by atoms with Gasteiger partial charge in [0.15, 0.2) is 0 Å². The molecular weight excluding hydrogens is 254 g/mol. The zero-order valence-electron chi connectivity index (χ0n) is 10.4. The highest BCUT2D eigenvalue weighted by Crippen LogP contribution is 2.45. The number of benzene rings is 1. The topological polar surface area (TPSA) is 69.2 Å². The first-order chi connectivity index (χ1) is 8.88. The molecule has 0 aliphatic heterocycles. The van der Waals surface area contributed by atoms with Crippen LogP contribution in [-0.4, -0.2) is 17.4 Å². The Balaban J connectivity index is 2.25. The Morgan fingerprint density at radius 2 is 1.68 bits per heavy atom. The maximum absolute atomic E-state index is 13.2. The van der Waals surface area contributed by atoms with Crippen LogP contribution in [0.15, 0.2) is 24.3 Å². The van der Waals surface area contributed by atoms with Crippen molar-refractivity contribution < 1.29 is 13.7 Å². The van der Waals surface area contributed by atoms with Crippen LogP contribution >= 0.6 is 0 Å². The summed E-state index contributed by atoms with van der Waals surface area (Å²) in [5, 5.41) is 10.6. The third-order valence-electron chi connectivity index (χ3n) is 4.02. The van der Waals surface area contributed by atoms with Crippen LogP contribution in [0.5, 0.6) is 0 Å². The second kappa shape index (κ2) is 4.85. The lowest BCUT2D eigenvalue weighted by Crippen LogP contribution is -2.42. The summed E-state index contributed by atoms with van der Waals surface area (Å²) in [5.74, 6) is -2.61. The zero-order valence-corrected chi connectivity index (χ0v) is 10.4. The van der Waals surface area contributed by atoms with Gasteiger partial charge in [-0.15, -0.1) is 0 Å². The molecule has 0 radical (unpaired) electrons. The number of hydrogen-bond donors (Lipinski definition) is 1. The van der Waals surface area contributed by atoms with Crippen LogP contribution in [0.2, 0.25) is 0 Å². The van der Waals surface area contributed by atoms with Crippen molar-refractivity contribution in [1.29, 1.82) is 0 Å². The van der Waals surface area contributed by atoms with Gasteiger partial charge in [0, 0.05) is 36.9 Å². The molecule has 0 saturated heterocycles. The predicted octanol–water partition coefficient (Wildman–Crippen LogP) is 3.00. The molecule has 1 fully saturated rings. The van der Waals surface area contributed by atoms with Crippen LogP contribution in [0.1, 0.15) is 31.2 Å². The summed E-state index contributed by atoms with van der Waals surface area (Å²) in [4.78, 5) is 10.1. The largest absolute Gasteiger partial charge is 0.330 e. The van der Waals surface area contributed by atoms with E-state index in [2.05, 4.69) is 0 Å². The molecule has 1 aromatic rings. The average Bonchev–Trinajstić information content (AvgIpc) is 2.40. The van der Waals surface area contributed by atoms with Crippen LogP contribution in [0.4, 0.5) is 14.5 Å². The molecule has 1 aromatic carbocycles. The molecule has 1 aliphatic carbocycles. The van der Waals surface area contributed by atoms with E-state index < -0.39 is 16.3 Å². The molecule has 104 valence electrons. The molecule has 19 heavy (non-hydrogen) atoms. The Labute approximate surface area is 109 Å². The van der Waals surface area contributed by atoms with E-state index in [1.54, 1.807) is 12.1 Å². The summed E-state index contributed by atoms with van der Waals surface area (Å²) < 4.78 is 26.5. The first kappa shape index (κ1) is 13.9. The van der Waals surface area contributed by atoms with Gasteiger partial charge in [-0.2, -0.15) is 0 Å². The van der Waals surface area contributed by atoms with E-state index in [-0.39, 0.29) is 25.1 Å². The van der Waals surface area contributed by atoms with Crippen molar-refractivity contribution in [1.82, 2.24) is 0 Å². The van der Waals surface area contributed by atoms with Crippen LogP contribution in [0.3, 0.4) is 0 Å².